The molecule has 0 unspecified atom stereocenters. The van der Waals surface area contributed by atoms with Crippen molar-refractivity contribution in [2.24, 2.45) is 0 Å². The van der Waals surface area contributed by atoms with E-state index < -0.39 is 0 Å². The molecule has 5 aromatic carbocycles. The number of pyridine rings is 1. The second-order valence-electron chi connectivity index (χ2n) is 10.8. The maximum Gasteiger partial charge on any atom is 0.525 e. The Balaban J connectivity index is 1.21. The molecule has 0 saturated carbocycles. The van der Waals surface area contributed by atoms with Crippen molar-refractivity contribution in [1.82, 2.24) is 9.55 Å². The van der Waals surface area contributed by atoms with Crippen LogP contribution in [0, 0.1) is 0 Å². The van der Waals surface area contributed by atoms with Crippen LogP contribution >= 0.6 is 0 Å². The average molecular weight is 525 g/mol. The van der Waals surface area contributed by atoms with E-state index in [0.717, 1.165) is 61.5 Å². The van der Waals surface area contributed by atoms with Gasteiger partial charge in [-0.3, -0.25) is 4.98 Å². The maximum atomic E-state index is 6.61. The van der Waals surface area contributed by atoms with Crippen molar-refractivity contribution >= 4 is 67.6 Å². The van der Waals surface area contributed by atoms with Crippen molar-refractivity contribution in [2.75, 3.05) is 4.81 Å². The van der Waals surface area contributed by atoms with Gasteiger partial charge in [0.05, 0.1) is 28.1 Å². The van der Waals surface area contributed by atoms with Gasteiger partial charge >= 0.3 is 7.05 Å². The van der Waals surface area contributed by atoms with E-state index in [1.54, 1.807) is 0 Å². The molecule has 0 bridgehead atoms. The second-order valence-corrected chi connectivity index (χ2v) is 10.8. The summed E-state index contributed by atoms with van der Waals surface area (Å²) < 4.78 is 15.4. The number of benzene rings is 5. The Bertz CT molecular complexity index is 2330. The normalized spacial score (nSPS) is 13.5. The van der Waals surface area contributed by atoms with Gasteiger partial charge in [-0.1, -0.05) is 60.7 Å². The highest BCUT2D eigenvalue weighted by Crippen LogP contribution is 2.49. The fraction of sp³-hybridized carbons (Fsp3) is 0. The molecule has 0 amide bonds. The summed E-state index contributed by atoms with van der Waals surface area (Å²) in [5.74, 6) is 0.815. The molecule has 3 aromatic heterocycles. The van der Waals surface area contributed by atoms with Crippen molar-refractivity contribution in [3.8, 4) is 22.7 Å². The van der Waals surface area contributed by atoms with Gasteiger partial charge in [0.1, 0.15) is 16.9 Å². The van der Waals surface area contributed by atoms with E-state index in [-0.39, 0.29) is 7.05 Å². The van der Waals surface area contributed by atoms with Crippen LogP contribution in [0.3, 0.4) is 0 Å². The molecule has 190 valence electrons. The van der Waals surface area contributed by atoms with E-state index in [0.29, 0.717) is 0 Å². The Kier molecular flexibility index (Phi) is 3.95. The molecule has 10 rings (SSSR count). The molecule has 2 aliphatic heterocycles. The van der Waals surface area contributed by atoms with Gasteiger partial charge in [-0.2, -0.15) is 0 Å². The first-order valence-corrected chi connectivity index (χ1v) is 13.8. The summed E-state index contributed by atoms with van der Waals surface area (Å²) in [6, 6.07) is 40.4. The maximum absolute atomic E-state index is 6.61. The summed E-state index contributed by atoms with van der Waals surface area (Å²) >= 11 is 0. The van der Waals surface area contributed by atoms with Gasteiger partial charge in [0, 0.05) is 45.1 Å². The van der Waals surface area contributed by atoms with Crippen LogP contribution in [0.4, 0.5) is 11.4 Å². The third-order valence-corrected chi connectivity index (χ3v) is 8.63. The zero-order valence-corrected chi connectivity index (χ0v) is 21.8. The van der Waals surface area contributed by atoms with Crippen LogP contribution in [-0.4, -0.2) is 16.6 Å². The predicted molar refractivity (Wildman–Crippen MR) is 166 cm³/mol. The number of hydrogen-bond acceptors (Lipinski definition) is 4. The van der Waals surface area contributed by atoms with Crippen LogP contribution in [0.5, 0.6) is 5.75 Å². The summed E-state index contributed by atoms with van der Waals surface area (Å²) in [5.41, 5.74) is 10.4. The molecule has 8 aromatic rings. The quantitative estimate of drug-likeness (QED) is 0.204. The van der Waals surface area contributed by atoms with Gasteiger partial charge in [0.25, 0.3) is 0 Å². The number of para-hydroxylation sites is 2. The second kappa shape index (κ2) is 7.58. The lowest BCUT2D eigenvalue weighted by Gasteiger charge is -2.30. The monoisotopic (exact) mass is 525 g/mol. The highest BCUT2D eigenvalue weighted by Gasteiger charge is 2.45. The van der Waals surface area contributed by atoms with Crippen molar-refractivity contribution in [2.45, 2.75) is 0 Å². The van der Waals surface area contributed by atoms with Crippen molar-refractivity contribution in [3.05, 3.63) is 121 Å². The molecular formula is C35H20BN3O2. The number of aromatic nitrogens is 2. The van der Waals surface area contributed by atoms with Crippen molar-refractivity contribution in [1.29, 1.82) is 0 Å². The number of furan rings is 1. The van der Waals surface area contributed by atoms with Gasteiger partial charge < -0.3 is 18.4 Å². The Morgan fingerprint density at radius 3 is 2.22 bits per heavy atom. The molecule has 6 heteroatoms. The first kappa shape index (κ1) is 21.4. The van der Waals surface area contributed by atoms with E-state index in [4.69, 9.17) is 14.1 Å². The van der Waals surface area contributed by atoms with Gasteiger partial charge in [0.15, 0.2) is 0 Å². The molecule has 41 heavy (non-hydrogen) atoms. The van der Waals surface area contributed by atoms with Crippen molar-refractivity contribution < 1.29 is 9.07 Å². The Hall–Kier alpha value is -5.49. The van der Waals surface area contributed by atoms with Crippen LogP contribution < -0.4 is 14.9 Å². The smallest absolute Gasteiger partial charge is 0.525 e. The van der Waals surface area contributed by atoms with E-state index in [2.05, 4.69) is 113 Å². The first-order chi connectivity index (χ1) is 20.3. The van der Waals surface area contributed by atoms with Crippen molar-refractivity contribution in [3.63, 3.8) is 0 Å². The number of rotatable bonds is 1. The molecule has 0 saturated heterocycles. The summed E-state index contributed by atoms with van der Waals surface area (Å²) in [7, 11) is -0.246. The summed E-state index contributed by atoms with van der Waals surface area (Å²) in [5, 5.41) is 4.64. The number of nitrogens with zero attached hydrogens (tertiary/aromatic N) is 3. The fourth-order valence-corrected chi connectivity index (χ4v) is 6.89. The summed E-state index contributed by atoms with van der Waals surface area (Å²) in [6.45, 7) is 0. The minimum atomic E-state index is -0.246. The van der Waals surface area contributed by atoms with Crippen LogP contribution in [-0.2, 0) is 0 Å². The zero-order valence-electron chi connectivity index (χ0n) is 21.8. The SMILES string of the molecule is c1ccc2c(c1)B1Oc3cc4oc5ccc(-n6c7ccccc7c7ccccc76)cc5c4cc3N1c1cccnc1-2. The van der Waals surface area contributed by atoms with E-state index in [1.807, 2.05) is 18.3 Å². The molecule has 0 N–H and O–H groups in total. The molecule has 0 spiro atoms. The number of hydrogen-bond donors (Lipinski definition) is 0. The molecule has 2 aliphatic rings. The van der Waals surface area contributed by atoms with Gasteiger partial charge in [-0.15, -0.1) is 0 Å². The predicted octanol–water partition coefficient (Wildman–Crippen LogP) is 7.98. The summed E-state index contributed by atoms with van der Waals surface area (Å²) in [4.78, 5) is 7.04. The first-order valence-electron chi connectivity index (χ1n) is 13.8. The van der Waals surface area contributed by atoms with E-state index in [9.17, 15) is 0 Å². The largest absolute Gasteiger partial charge is 0.536 e. The Morgan fingerprint density at radius 2 is 1.37 bits per heavy atom. The van der Waals surface area contributed by atoms with Gasteiger partial charge in [0.2, 0.25) is 0 Å². The summed E-state index contributed by atoms with van der Waals surface area (Å²) in [6.07, 6.45) is 1.86. The molecule has 0 radical (unpaired) electrons. The zero-order chi connectivity index (χ0) is 26.7. The fourth-order valence-electron chi connectivity index (χ4n) is 6.89. The topological polar surface area (TPSA) is 43.4 Å². The third kappa shape index (κ3) is 2.73. The average Bonchev–Trinajstić information content (AvgIpc) is 3.69. The van der Waals surface area contributed by atoms with Gasteiger partial charge in [-0.05, 0) is 54.0 Å². The molecule has 0 fully saturated rings. The van der Waals surface area contributed by atoms with Crippen LogP contribution in [0.15, 0.2) is 126 Å². The minimum absolute atomic E-state index is 0.246. The van der Waals surface area contributed by atoms with Gasteiger partial charge in [-0.25, -0.2) is 0 Å². The molecule has 0 aliphatic carbocycles. The molecule has 5 nitrogen and oxygen atoms in total. The highest BCUT2D eigenvalue weighted by molar-refractivity contribution is 6.77. The molecule has 5 heterocycles. The van der Waals surface area contributed by atoms with E-state index in [1.165, 1.54) is 21.8 Å². The lowest BCUT2D eigenvalue weighted by molar-refractivity contribution is 0.600. The number of anilines is 2. The van der Waals surface area contributed by atoms with Crippen LogP contribution in [0.2, 0.25) is 0 Å². The lowest BCUT2D eigenvalue weighted by atomic mass is 9.65. The Morgan fingerprint density at radius 1 is 0.610 bits per heavy atom. The van der Waals surface area contributed by atoms with Crippen LogP contribution in [0.25, 0.3) is 60.7 Å². The third-order valence-electron chi connectivity index (χ3n) is 8.63. The van der Waals surface area contributed by atoms with E-state index >= 15 is 0 Å². The highest BCUT2D eigenvalue weighted by atomic mass is 16.5. The number of fused-ring (bicyclic) bond motifs is 14. The minimum Gasteiger partial charge on any atom is -0.536 e. The Labute approximate surface area is 235 Å². The molecule has 0 atom stereocenters. The standard InChI is InChI=1S/C35H20BN3O2/c1-4-11-27-24(10-1)35-30(14-7-17-37-35)39-31-19-26-25-18-21(15-16-32(25)40-33(26)20-34(31)41-36(27)39)38-28-12-5-2-8-22(28)23-9-3-6-13-29(23)38/h1-20H. The molecular weight excluding hydrogens is 505 g/mol. The van der Waals surface area contributed by atoms with Crippen LogP contribution in [0.1, 0.15) is 0 Å². The lowest BCUT2D eigenvalue weighted by Crippen LogP contribution is -2.50.